The molecule has 29 heavy (non-hydrogen) atoms. The Kier molecular flexibility index (Phi) is 13.2. The monoisotopic (exact) mass is 391 g/mol. The molecule has 0 aliphatic heterocycles. The summed E-state index contributed by atoms with van der Waals surface area (Å²) in [6.07, 6.45) is 0. The van der Waals surface area contributed by atoms with Gasteiger partial charge in [0.2, 0.25) is 0 Å². The van der Waals surface area contributed by atoms with Gasteiger partial charge in [-0.25, -0.2) is 0 Å². The van der Waals surface area contributed by atoms with Crippen molar-refractivity contribution in [2.24, 2.45) is 0 Å². The number of benzene rings is 3. The lowest BCUT2D eigenvalue weighted by molar-refractivity contribution is 0.103. The number of ketones is 2. The first-order valence-corrected chi connectivity index (χ1v) is 10.3. The predicted molar refractivity (Wildman–Crippen MR) is 125 cm³/mol. The van der Waals surface area contributed by atoms with Crippen LogP contribution in [0.15, 0.2) is 78.9 Å². The van der Waals surface area contributed by atoms with Crippen LogP contribution in [0, 0.1) is 0 Å². The van der Waals surface area contributed by atoms with Crippen molar-refractivity contribution in [1.82, 2.24) is 0 Å². The number of carbonyl (C=O) groups is 2. The smallest absolute Gasteiger partial charge is 0.195 e. The van der Waals surface area contributed by atoms with E-state index in [1.54, 1.807) is 66.7 Å². The van der Waals surface area contributed by atoms with E-state index in [1.165, 1.54) is 0 Å². The fraction of sp³-hybridized carbons (Fsp3) is 0.231. The highest BCUT2D eigenvalue weighted by Gasteiger charge is 2.16. The van der Waals surface area contributed by atoms with Crippen LogP contribution in [0.3, 0.4) is 0 Å². The first-order chi connectivity index (χ1) is 14.2. The summed E-state index contributed by atoms with van der Waals surface area (Å²) in [7, 11) is 0. The van der Waals surface area contributed by atoms with Crippen LogP contribution in [0.2, 0.25) is 0 Å². The zero-order valence-corrected chi connectivity index (χ0v) is 18.4. The quantitative estimate of drug-likeness (QED) is 0.392. The number of carbonyl (C=O) groups excluding carboxylic acids is 2. The predicted octanol–water partition coefficient (Wildman–Crippen LogP) is 6.81. The number of nitrogens with two attached hydrogens (primary N) is 1. The first kappa shape index (κ1) is 25.8. The van der Waals surface area contributed by atoms with Gasteiger partial charge in [-0.15, -0.1) is 0 Å². The number of anilines is 1. The molecule has 3 rings (SSSR count). The lowest BCUT2D eigenvalue weighted by Crippen LogP contribution is -2.08. The summed E-state index contributed by atoms with van der Waals surface area (Å²) in [5, 5.41) is 0. The van der Waals surface area contributed by atoms with Crippen molar-refractivity contribution in [2.75, 3.05) is 5.73 Å². The molecule has 0 amide bonds. The summed E-state index contributed by atoms with van der Waals surface area (Å²) in [6.45, 7) is 12.0. The average molecular weight is 392 g/mol. The molecule has 3 aromatic rings. The Balaban J connectivity index is 0.00000120. The second-order valence-electron chi connectivity index (χ2n) is 5.19. The van der Waals surface area contributed by atoms with Crippen molar-refractivity contribution in [3.05, 3.63) is 101 Å². The molecule has 0 fully saturated rings. The summed E-state index contributed by atoms with van der Waals surface area (Å²) in [5.74, 6) is -0.321. The van der Waals surface area contributed by atoms with E-state index in [0.29, 0.717) is 27.9 Å². The van der Waals surface area contributed by atoms with Gasteiger partial charge in [-0.05, 0) is 18.2 Å². The number of hydrogen-bond donors (Lipinski definition) is 1. The Morgan fingerprint density at radius 1 is 0.552 bits per heavy atom. The summed E-state index contributed by atoms with van der Waals surface area (Å²) >= 11 is 0. The minimum atomic E-state index is -0.189. The fourth-order valence-electron chi connectivity index (χ4n) is 2.40. The van der Waals surface area contributed by atoms with Crippen LogP contribution < -0.4 is 5.73 Å². The summed E-state index contributed by atoms with van der Waals surface area (Å²) in [6, 6.07) is 22.7. The Hall–Kier alpha value is -3.20. The molecule has 0 aromatic heterocycles. The maximum atomic E-state index is 12.6. The fourth-order valence-corrected chi connectivity index (χ4v) is 2.40. The molecule has 0 saturated carbocycles. The van der Waals surface area contributed by atoms with Crippen molar-refractivity contribution in [1.29, 1.82) is 0 Å². The Morgan fingerprint density at radius 2 is 0.966 bits per heavy atom. The van der Waals surface area contributed by atoms with Gasteiger partial charge in [-0.3, -0.25) is 9.59 Å². The van der Waals surface area contributed by atoms with Crippen LogP contribution in [0.1, 0.15) is 73.4 Å². The molecular formula is C26H33NO2. The molecule has 0 aliphatic carbocycles. The van der Waals surface area contributed by atoms with E-state index >= 15 is 0 Å². The van der Waals surface area contributed by atoms with E-state index in [0.717, 1.165) is 0 Å². The van der Waals surface area contributed by atoms with Gasteiger partial charge in [0.05, 0.1) is 0 Å². The van der Waals surface area contributed by atoms with Gasteiger partial charge in [0.25, 0.3) is 0 Å². The molecule has 0 unspecified atom stereocenters. The minimum Gasteiger partial charge on any atom is -0.398 e. The summed E-state index contributed by atoms with van der Waals surface area (Å²) in [5.41, 5.74) is 8.22. The molecule has 0 bridgehead atoms. The molecule has 0 radical (unpaired) electrons. The van der Waals surface area contributed by atoms with E-state index in [-0.39, 0.29) is 11.6 Å². The number of hydrogen-bond acceptors (Lipinski definition) is 3. The van der Waals surface area contributed by atoms with Crippen LogP contribution in [0.4, 0.5) is 5.69 Å². The van der Waals surface area contributed by atoms with Gasteiger partial charge in [0.1, 0.15) is 0 Å². The Morgan fingerprint density at radius 3 is 1.41 bits per heavy atom. The highest BCUT2D eigenvalue weighted by molar-refractivity contribution is 6.15. The molecule has 0 spiro atoms. The van der Waals surface area contributed by atoms with Crippen LogP contribution in [-0.4, -0.2) is 11.6 Å². The van der Waals surface area contributed by atoms with Crippen molar-refractivity contribution >= 4 is 17.3 Å². The van der Waals surface area contributed by atoms with Gasteiger partial charge >= 0.3 is 0 Å². The largest absolute Gasteiger partial charge is 0.398 e. The maximum absolute atomic E-state index is 12.6. The second-order valence-corrected chi connectivity index (χ2v) is 5.19. The second kappa shape index (κ2) is 14.8. The van der Waals surface area contributed by atoms with E-state index < -0.39 is 0 Å². The van der Waals surface area contributed by atoms with Crippen molar-refractivity contribution in [3.63, 3.8) is 0 Å². The molecule has 0 heterocycles. The first-order valence-electron chi connectivity index (χ1n) is 10.3. The van der Waals surface area contributed by atoms with E-state index in [9.17, 15) is 9.59 Å². The van der Waals surface area contributed by atoms with Gasteiger partial charge in [-0.2, -0.15) is 0 Å². The van der Waals surface area contributed by atoms with E-state index in [1.807, 2.05) is 53.7 Å². The van der Waals surface area contributed by atoms with Gasteiger partial charge < -0.3 is 5.73 Å². The third kappa shape index (κ3) is 7.38. The average Bonchev–Trinajstić information content (AvgIpc) is 2.83. The lowest BCUT2D eigenvalue weighted by Gasteiger charge is -2.08. The molecule has 0 saturated heterocycles. The maximum Gasteiger partial charge on any atom is 0.195 e. The van der Waals surface area contributed by atoms with Crippen LogP contribution in [0.25, 0.3) is 0 Å². The normalized spacial score (nSPS) is 8.76. The molecule has 3 aromatic carbocycles. The highest BCUT2D eigenvalue weighted by atomic mass is 16.1. The van der Waals surface area contributed by atoms with Crippen LogP contribution >= 0.6 is 0 Å². The van der Waals surface area contributed by atoms with Crippen molar-refractivity contribution in [3.8, 4) is 0 Å². The van der Waals surface area contributed by atoms with Crippen LogP contribution in [0.5, 0.6) is 0 Å². The van der Waals surface area contributed by atoms with Crippen LogP contribution in [-0.2, 0) is 0 Å². The lowest BCUT2D eigenvalue weighted by atomic mass is 9.96. The zero-order chi connectivity index (χ0) is 22.2. The Bertz CT molecular complexity index is 856. The molecule has 0 atom stereocenters. The van der Waals surface area contributed by atoms with Crippen molar-refractivity contribution in [2.45, 2.75) is 41.5 Å². The third-order valence-electron chi connectivity index (χ3n) is 3.63. The van der Waals surface area contributed by atoms with Gasteiger partial charge in [-0.1, -0.05) is 102 Å². The summed E-state index contributed by atoms with van der Waals surface area (Å²) in [4.78, 5) is 25.1. The number of nitrogen functional groups attached to an aromatic ring is 1. The molecule has 0 aliphatic rings. The zero-order valence-electron chi connectivity index (χ0n) is 18.4. The topological polar surface area (TPSA) is 60.2 Å². The Labute approximate surface area is 175 Å². The van der Waals surface area contributed by atoms with E-state index in [2.05, 4.69) is 0 Å². The van der Waals surface area contributed by atoms with E-state index in [4.69, 9.17) is 5.73 Å². The van der Waals surface area contributed by atoms with Crippen molar-refractivity contribution < 1.29 is 9.59 Å². The highest BCUT2D eigenvalue weighted by Crippen LogP contribution is 2.20. The molecule has 3 nitrogen and oxygen atoms in total. The molecule has 3 heteroatoms. The molecule has 2 N–H and O–H groups in total. The molecular weight excluding hydrogens is 358 g/mol. The number of rotatable bonds is 4. The standard InChI is InChI=1S/C20H15NO2.3C2H6/c21-18-12-11-16(19(22)14-7-3-1-4-8-14)13-17(18)20(23)15-9-5-2-6-10-15;3*1-2/h1-13H,21H2;3*1-2H3. The van der Waals surface area contributed by atoms with Gasteiger partial charge in [0, 0.05) is 27.9 Å². The molecule has 154 valence electrons. The van der Waals surface area contributed by atoms with Gasteiger partial charge in [0.15, 0.2) is 11.6 Å². The SMILES string of the molecule is CC.CC.CC.Nc1ccc(C(=O)c2ccccc2)cc1C(=O)c1ccccc1. The minimum absolute atomic E-state index is 0.132. The summed E-state index contributed by atoms with van der Waals surface area (Å²) < 4.78 is 0. The third-order valence-corrected chi connectivity index (χ3v) is 3.63.